The minimum atomic E-state index is -0.312. The molecule has 0 aliphatic heterocycles. The van der Waals surface area contributed by atoms with E-state index in [-0.39, 0.29) is 17.8 Å². The number of carbonyl (C=O) groups is 1. The predicted molar refractivity (Wildman–Crippen MR) is 106 cm³/mol. The van der Waals surface area contributed by atoms with Crippen LogP contribution in [0.2, 0.25) is 0 Å². The average molecular weight is 378 g/mol. The normalized spacial score (nSPS) is 15.2. The maximum Gasteiger partial charge on any atom is 0.272 e. The van der Waals surface area contributed by atoms with Gasteiger partial charge in [-0.2, -0.15) is 5.10 Å². The van der Waals surface area contributed by atoms with E-state index in [1.54, 1.807) is 35.3 Å². The second-order valence-electron chi connectivity index (χ2n) is 7.20. The van der Waals surface area contributed by atoms with Crippen LogP contribution >= 0.6 is 0 Å². The molecule has 0 radical (unpaired) electrons. The first-order valence-corrected chi connectivity index (χ1v) is 9.78. The second-order valence-corrected chi connectivity index (χ2v) is 7.20. The van der Waals surface area contributed by atoms with Crippen molar-refractivity contribution in [2.45, 2.75) is 44.6 Å². The fourth-order valence-electron chi connectivity index (χ4n) is 3.68. The van der Waals surface area contributed by atoms with Crippen LogP contribution in [0.25, 0.3) is 16.9 Å². The number of aromatic nitrogens is 3. The molecule has 4 rings (SSSR count). The fraction of sp³-hybridized carbons (Fsp3) is 0.318. The van der Waals surface area contributed by atoms with Crippen molar-refractivity contribution >= 4 is 5.91 Å². The van der Waals surface area contributed by atoms with Gasteiger partial charge in [0.1, 0.15) is 5.82 Å². The molecule has 0 bridgehead atoms. The molecule has 5 nitrogen and oxygen atoms in total. The van der Waals surface area contributed by atoms with E-state index in [9.17, 15) is 9.18 Å². The number of nitrogens with one attached hydrogen (secondary N) is 1. The van der Waals surface area contributed by atoms with Crippen molar-refractivity contribution in [3.05, 3.63) is 66.4 Å². The maximum absolute atomic E-state index is 13.4. The molecule has 1 fully saturated rings. The summed E-state index contributed by atoms with van der Waals surface area (Å²) < 4.78 is 15.0. The predicted octanol–water partition coefficient (Wildman–Crippen LogP) is 4.53. The Morgan fingerprint density at radius 3 is 2.36 bits per heavy atom. The van der Waals surface area contributed by atoms with Crippen LogP contribution in [0.15, 0.2) is 54.9 Å². The molecule has 144 valence electrons. The van der Waals surface area contributed by atoms with Crippen molar-refractivity contribution in [3.63, 3.8) is 0 Å². The van der Waals surface area contributed by atoms with Crippen LogP contribution < -0.4 is 5.32 Å². The average Bonchev–Trinajstić information content (AvgIpc) is 3.01. The number of nitrogens with zero attached hydrogens (tertiary/aromatic N) is 3. The summed E-state index contributed by atoms with van der Waals surface area (Å²) in [6.07, 6.45) is 10.2. The van der Waals surface area contributed by atoms with Gasteiger partial charge < -0.3 is 5.32 Å². The van der Waals surface area contributed by atoms with Crippen molar-refractivity contribution in [1.82, 2.24) is 20.1 Å². The zero-order chi connectivity index (χ0) is 19.3. The summed E-state index contributed by atoms with van der Waals surface area (Å²) in [7, 11) is 0. The van der Waals surface area contributed by atoms with Gasteiger partial charge in [0.05, 0.1) is 11.4 Å². The van der Waals surface area contributed by atoms with Gasteiger partial charge in [-0.25, -0.2) is 9.07 Å². The topological polar surface area (TPSA) is 59.8 Å². The fourth-order valence-corrected chi connectivity index (χ4v) is 3.68. The van der Waals surface area contributed by atoms with Crippen LogP contribution in [-0.2, 0) is 0 Å². The Balaban J connectivity index is 1.66. The van der Waals surface area contributed by atoms with Crippen molar-refractivity contribution in [2.75, 3.05) is 0 Å². The third-order valence-corrected chi connectivity index (χ3v) is 5.18. The van der Waals surface area contributed by atoms with Gasteiger partial charge in [0.15, 0.2) is 5.69 Å². The van der Waals surface area contributed by atoms with E-state index in [1.807, 2.05) is 12.1 Å². The molecule has 1 amide bonds. The summed E-state index contributed by atoms with van der Waals surface area (Å²) in [5.74, 6) is -0.476. The van der Waals surface area contributed by atoms with Crippen LogP contribution in [0.3, 0.4) is 0 Å². The third-order valence-electron chi connectivity index (χ3n) is 5.18. The Morgan fingerprint density at radius 1 is 1.00 bits per heavy atom. The first kappa shape index (κ1) is 18.3. The molecule has 1 aliphatic rings. The van der Waals surface area contributed by atoms with E-state index in [2.05, 4.69) is 15.4 Å². The highest BCUT2D eigenvalue weighted by atomic mass is 19.1. The Labute approximate surface area is 163 Å². The lowest BCUT2D eigenvalue weighted by Gasteiger charge is -2.15. The molecule has 6 heteroatoms. The van der Waals surface area contributed by atoms with Crippen LogP contribution in [0, 0.1) is 5.82 Å². The van der Waals surface area contributed by atoms with Crippen LogP contribution in [0.1, 0.15) is 49.0 Å². The quantitative estimate of drug-likeness (QED) is 0.679. The summed E-state index contributed by atoms with van der Waals surface area (Å²) in [5, 5.41) is 7.68. The first-order valence-electron chi connectivity index (χ1n) is 9.78. The Hall–Kier alpha value is -3.02. The van der Waals surface area contributed by atoms with Crippen molar-refractivity contribution in [3.8, 4) is 16.9 Å². The van der Waals surface area contributed by atoms with Crippen molar-refractivity contribution in [1.29, 1.82) is 0 Å². The molecule has 1 saturated carbocycles. The van der Waals surface area contributed by atoms with E-state index in [0.717, 1.165) is 36.9 Å². The van der Waals surface area contributed by atoms with Gasteiger partial charge in [0.2, 0.25) is 0 Å². The molecule has 0 spiro atoms. The smallest absolute Gasteiger partial charge is 0.272 e. The van der Waals surface area contributed by atoms with E-state index >= 15 is 0 Å². The number of hydrogen-bond donors (Lipinski definition) is 1. The molecule has 0 unspecified atom stereocenters. The van der Waals surface area contributed by atoms with Gasteiger partial charge in [-0.3, -0.25) is 9.78 Å². The summed E-state index contributed by atoms with van der Waals surface area (Å²) in [5.41, 5.74) is 2.71. The zero-order valence-corrected chi connectivity index (χ0v) is 15.6. The molecular weight excluding hydrogens is 355 g/mol. The lowest BCUT2D eigenvalue weighted by molar-refractivity contribution is 0.0928. The summed E-state index contributed by atoms with van der Waals surface area (Å²) in [6, 6.07) is 11.8. The number of halogens is 1. The summed E-state index contributed by atoms with van der Waals surface area (Å²) in [4.78, 5) is 16.9. The summed E-state index contributed by atoms with van der Waals surface area (Å²) >= 11 is 0. The van der Waals surface area contributed by atoms with E-state index in [4.69, 9.17) is 0 Å². The van der Waals surface area contributed by atoms with Crippen molar-refractivity contribution in [2.24, 2.45) is 0 Å². The number of rotatable bonds is 4. The lowest BCUT2D eigenvalue weighted by Crippen LogP contribution is -2.34. The van der Waals surface area contributed by atoms with Gasteiger partial charge in [0.25, 0.3) is 5.91 Å². The molecular formula is C22H23FN4O. The third kappa shape index (κ3) is 4.11. The molecule has 0 saturated heterocycles. The maximum atomic E-state index is 13.4. The van der Waals surface area contributed by atoms with Gasteiger partial charge in [-0.05, 0) is 55.3 Å². The summed E-state index contributed by atoms with van der Waals surface area (Å²) in [6.45, 7) is 0. The van der Waals surface area contributed by atoms with Crippen LogP contribution in [0.4, 0.5) is 4.39 Å². The van der Waals surface area contributed by atoms with Crippen molar-refractivity contribution < 1.29 is 9.18 Å². The van der Waals surface area contributed by atoms with Gasteiger partial charge in [0, 0.05) is 24.0 Å². The molecule has 1 N–H and O–H groups in total. The number of hydrogen-bond acceptors (Lipinski definition) is 3. The number of carbonyl (C=O) groups excluding carboxylic acids is 1. The highest BCUT2D eigenvalue weighted by Crippen LogP contribution is 2.24. The standard InChI is InChI=1S/C22H23FN4O/c23-17-7-9-19(10-8-17)27-21(16-11-13-24-14-12-16)15-20(26-27)22(28)25-18-5-3-1-2-4-6-18/h7-15,18H,1-6H2,(H,25,28). The lowest BCUT2D eigenvalue weighted by atomic mass is 10.1. The van der Waals surface area contributed by atoms with E-state index in [0.29, 0.717) is 11.4 Å². The Bertz CT molecular complexity index is 929. The number of pyridine rings is 1. The van der Waals surface area contributed by atoms with E-state index < -0.39 is 0 Å². The number of amides is 1. The van der Waals surface area contributed by atoms with Crippen LogP contribution in [0.5, 0.6) is 0 Å². The van der Waals surface area contributed by atoms with Gasteiger partial charge in [-0.1, -0.05) is 25.7 Å². The van der Waals surface area contributed by atoms with Gasteiger partial charge in [-0.15, -0.1) is 0 Å². The molecule has 2 heterocycles. The zero-order valence-electron chi connectivity index (χ0n) is 15.6. The molecule has 0 atom stereocenters. The molecule has 2 aromatic heterocycles. The van der Waals surface area contributed by atoms with E-state index in [1.165, 1.54) is 25.0 Å². The first-order chi connectivity index (χ1) is 13.7. The highest BCUT2D eigenvalue weighted by molar-refractivity contribution is 5.93. The minimum absolute atomic E-state index is 0.164. The second kappa shape index (κ2) is 8.33. The monoisotopic (exact) mass is 378 g/mol. The largest absolute Gasteiger partial charge is 0.348 e. The molecule has 1 aliphatic carbocycles. The van der Waals surface area contributed by atoms with Gasteiger partial charge >= 0.3 is 0 Å². The number of benzene rings is 1. The van der Waals surface area contributed by atoms with Crippen LogP contribution in [-0.4, -0.2) is 26.7 Å². The SMILES string of the molecule is O=C(NC1CCCCCC1)c1cc(-c2ccncc2)n(-c2ccc(F)cc2)n1. The highest BCUT2D eigenvalue weighted by Gasteiger charge is 2.20. The minimum Gasteiger partial charge on any atom is -0.348 e. The molecule has 28 heavy (non-hydrogen) atoms. The Kier molecular flexibility index (Phi) is 5.46. The molecule has 3 aromatic rings. The molecule has 1 aromatic carbocycles. The Morgan fingerprint density at radius 2 is 1.68 bits per heavy atom.